The van der Waals surface area contributed by atoms with Crippen molar-refractivity contribution in [2.24, 2.45) is 0 Å². The Kier molecular flexibility index (Phi) is 8.94. The predicted molar refractivity (Wildman–Crippen MR) is 223 cm³/mol. The molecule has 0 bridgehead atoms. The van der Waals surface area contributed by atoms with Gasteiger partial charge in [-0.05, 0) is 79.9 Å². The molecule has 0 aliphatic rings. The van der Waals surface area contributed by atoms with Crippen LogP contribution in [-0.4, -0.2) is 15.0 Å². The molecule has 0 atom stereocenters. The molecule has 1 aromatic heterocycles. The lowest BCUT2D eigenvalue weighted by atomic mass is 9.98. The minimum atomic E-state index is 0.626. The highest BCUT2D eigenvalue weighted by molar-refractivity contribution is 5.78. The molecule has 0 fully saturated rings. The second-order valence-electron chi connectivity index (χ2n) is 13.3. The quantitative estimate of drug-likeness (QED) is 0.159. The molecule has 9 rings (SSSR count). The first-order valence-corrected chi connectivity index (χ1v) is 18.2. The lowest BCUT2D eigenvalue weighted by Crippen LogP contribution is -2.00. The maximum atomic E-state index is 5.12. The monoisotopic (exact) mass is 689 g/mol. The van der Waals surface area contributed by atoms with Crippen molar-refractivity contribution >= 4 is 0 Å². The van der Waals surface area contributed by atoms with Gasteiger partial charge in [0.15, 0.2) is 17.5 Å². The molecular formula is C51H35N3. The Hall–Kier alpha value is -7.23. The van der Waals surface area contributed by atoms with Gasteiger partial charge in [0.1, 0.15) is 0 Å². The van der Waals surface area contributed by atoms with Crippen LogP contribution in [0.2, 0.25) is 0 Å². The van der Waals surface area contributed by atoms with E-state index in [1.54, 1.807) is 0 Å². The number of hydrogen-bond donors (Lipinski definition) is 0. The molecule has 0 unspecified atom stereocenters. The first-order valence-electron chi connectivity index (χ1n) is 18.2. The zero-order chi connectivity index (χ0) is 36.1. The average Bonchev–Trinajstić information content (AvgIpc) is 3.27. The van der Waals surface area contributed by atoms with Gasteiger partial charge < -0.3 is 0 Å². The molecule has 0 radical (unpaired) electrons. The summed E-state index contributed by atoms with van der Waals surface area (Å²) >= 11 is 0. The summed E-state index contributed by atoms with van der Waals surface area (Å²) < 4.78 is 0. The summed E-state index contributed by atoms with van der Waals surface area (Å²) in [5.41, 5.74) is 14.3. The fourth-order valence-corrected chi connectivity index (χ4v) is 6.90. The lowest BCUT2D eigenvalue weighted by molar-refractivity contribution is 1.07. The SMILES string of the molecule is c1ccc(-c2cccc(-c3ccc(-c4nc(-c5cccc(-c6ccccc6)c5)nc(-c5cccc(-c6cccc(-c7ccccc7)c6)c5)n4)cc3)c2)cc1. The molecule has 3 heteroatoms. The molecule has 0 N–H and O–H groups in total. The van der Waals surface area contributed by atoms with Crippen LogP contribution in [0.5, 0.6) is 0 Å². The molecule has 3 nitrogen and oxygen atoms in total. The molecule has 0 amide bonds. The highest BCUT2D eigenvalue weighted by Gasteiger charge is 2.15. The number of hydrogen-bond acceptors (Lipinski definition) is 3. The Morgan fingerprint density at radius 3 is 0.741 bits per heavy atom. The maximum absolute atomic E-state index is 5.12. The van der Waals surface area contributed by atoms with Crippen molar-refractivity contribution in [3.8, 4) is 89.8 Å². The molecule has 0 saturated carbocycles. The fourth-order valence-electron chi connectivity index (χ4n) is 6.90. The zero-order valence-corrected chi connectivity index (χ0v) is 29.5. The Bertz CT molecular complexity index is 2690. The predicted octanol–water partition coefficient (Wildman–Crippen LogP) is 13.2. The van der Waals surface area contributed by atoms with Gasteiger partial charge in [0.2, 0.25) is 0 Å². The third kappa shape index (κ3) is 6.99. The summed E-state index contributed by atoms with van der Waals surface area (Å²) in [7, 11) is 0. The minimum Gasteiger partial charge on any atom is -0.208 e. The number of nitrogens with zero attached hydrogens (tertiary/aromatic N) is 3. The van der Waals surface area contributed by atoms with Crippen LogP contribution in [0.15, 0.2) is 212 Å². The molecule has 8 aromatic carbocycles. The molecule has 254 valence electrons. The largest absolute Gasteiger partial charge is 0.208 e. The third-order valence-corrected chi connectivity index (χ3v) is 9.73. The third-order valence-electron chi connectivity index (χ3n) is 9.73. The van der Waals surface area contributed by atoms with Gasteiger partial charge >= 0.3 is 0 Å². The van der Waals surface area contributed by atoms with E-state index < -0.39 is 0 Å². The molecule has 1 heterocycles. The molecule has 9 aromatic rings. The normalized spacial score (nSPS) is 11.0. The molecule has 54 heavy (non-hydrogen) atoms. The summed E-state index contributed by atoms with van der Waals surface area (Å²) in [6.45, 7) is 0. The van der Waals surface area contributed by atoms with Crippen molar-refractivity contribution in [3.63, 3.8) is 0 Å². The van der Waals surface area contributed by atoms with Gasteiger partial charge in [-0.3, -0.25) is 0 Å². The number of aromatic nitrogens is 3. The van der Waals surface area contributed by atoms with Crippen LogP contribution in [-0.2, 0) is 0 Å². The topological polar surface area (TPSA) is 38.7 Å². The summed E-state index contributed by atoms with van der Waals surface area (Å²) in [4.78, 5) is 15.3. The summed E-state index contributed by atoms with van der Waals surface area (Å²) in [6.07, 6.45) is 0. The molecule has 0 aliphatic carbocycles. The van der Waals surface area contributed by atoms with E-state index in [4.69, 9.17) is 15.0 Å². The Labute approximate surface area is 316 Å². The number of benzene rings is 8. The van der Waals surface area contributed by atoms with Gasteiger partial charge in [-0.25, -0.2) is 15.0 Å². The van der Waals surface area contributed by atoms with Crippen molar-refractivity contribution < 1.29 is 0 Å². The summed E-state index contributed by atoms with van der Waals surface area (Å²) in [5.74, 6) is 1.88. The van der Waals surface area contributed by atoms with Crippen molar-refractivity contribution in [1.29, 1.82) is 0 Å². The number of rotatable bonds is 8. The van der Waals surface area contributed by atoms with Crippen LogP contribution in [0.25, 0.3) is 89.8 Å². The van der Waals surface area contributed by atoms with Gasteiger partial charge in [-0.15, -0.1) is 0 Å². The maximum Gasteiger partial charge on any atom is 0.164 e. The van der Waals surface area contributed by atoms with Crippen LogP contribution >= 0.6 is 0 Å². The highest BCUT2D eigenvalue weighted by Crippen LogP contribution is 2.33. The first kappa shape index (κ1) is 32.7. The van der Waals surface area contributed by atoms with E-state index in [2.05, 4.69) is 194 Å². The van der Waals surface area contributed by atoms with Crippen LogP contribution < -0.4 is 0 Å². The molecule has 0 spiro atoms. The summed E-state index contributed by atoms with van der Waals surface area (Å²) in [5, 5.41) is 0. The van der Waals surface area contributed by atoms with Crippen LogP contribution in [0, 0.1) is 0 Å². The average molecular weight is 690 g/mol. The molecule has 0 aliphatic heterocycles. The second-order valence-corrected chi connectivity index (χ2v) is 13.3. The van der Waals surface area contributed by atoms with E-state index in [9.17, 15) is 0 Å². The standard InChI is InChI=1S/C51H35N3/c1-4-14-36(15-5-1)41-20-10-22-43(32-41)39-28-30-40(31-29-39)49-52-50(47-26-12-23-44(34-47)38-18-8-3-9-19-38)54-51(53-49)48-27-13-25-46(35-48)45-24-11-21-42(33-45)37-16-6-2-7-17-37/h1-35H. The van der Waals surface area contributed by atoms with Gasteiger partial charge in [-0.2, -0.15) is 0 Å². The summed E-state index contributed by atoms with van der Waals surface area (Å²) in [6, 6.07) is 74.1. The molecule has 0 saturated heterocycles. The Morgan fingerprint density at radius 1 is 0.167 bits per heavy atom. The van der Waals surface area contributed by atoms with Gasteiger partial charge in [0.05, 0.1) is 0 Å². The van der Waals surface area contributed by atoms with Crippen LogP contribution in [0.4, 0.5) is 0 Å². The van der Waals surface area contributed by atoms with Gasteiger partial charge in [0.25, 0.3) is 0 Å². The van der Waals surface area contributed by atoms with Crippen molar-refractivity contribution in [3.05, 3.63) is 212 Å². The highest BCUT2D eigenvalue weighted by atomic mass is 15.0. The Balaban J connectivity index is 1.12. The minimum absolute atomic E-state index is 0.626. The van der Waals surface area contributed by atoms with Crippen molar-refractivity contribution in [2.75, 3.05) is 0 Å². The Morgan fingerprint density at radius 2 is 0.389 bits per heavy atom. The van der Waals surface area contributed by atoms with E-state index in [1.807, 2.05) is 18.2 Å². The van der Waals surface area contributed by atoms with Crippen LogP contribution in [0.1, 0.15) is 0 Å². The smallest absolute Gasteiger partial charge is 0.164 e. The van der Waals surface area contributed by atoms with E-state index in [1.165, 1.54) is 22.3 Å². The van der Waals surface area contributed by atoms with Crippen molar-refractivity contribution in [1.82, 2.24) is 15.0 Å². The van der Waals surface area contributed by atoms with Gasteiger partial charge in [0, 0.05) is 16.7 Å². The van der Waals surface area contributed by atoms with Gasteiger partial charge in [-0.1, -0.05) is 188 Å². The lowest BCUT2D eigenvalue weighted by Gasteiger charge is -2.12. The molecular weight excluding hydrogens is 655 g/mol. The van der Waals surface area contributed by atoms with E-state index in [0.29, 0.717) is 17.5 Å². The van der Waals surface area contributed by atoms with E-state index >= 15 is 0 Å². The van der Waals surface area contributed by atoms with Crippen molar-refractivity contribution in [2.45, 2.75) is 0 Å². The fraction of sp³-hybridized carbons (Fsp3) is 0. The zero-order valence-electron chi connectivity index (χ0n) is 29.5. The van der Waals surface area contributed by atoms with E-state index in [-0.39, 0.29) is 0 Å². The first-order chi connectivity index (χ1) is 26.7. The second kappa shape index (κ2) is 14.8. The van der Waals surface area contributed by atoms with E-state index in [0.717, 1.165) is 50.1 Å². The van der Waals surface area contributed by atoms with Crippen LogP contribution in [0.3, 0.4) is 0 Å².